The van der Waals surface area contributed by atoms with E-state index in [9.17, 15) is 4.79 Å². The van der Waals surface area contributed by atoms with Crippen molar-refractivity contribution in [2.24, 2.45) is 5.73 Å². The fraction of sp³-hybridized carbons (Fsp3) is 0.462. The molecule has 0 spiro atoms. The Morgan fingerprint density at radius 2 is 2.12 bits per heavy atom. The van der Waals surface area contributed by atoms with Crippen molar-refractivity contribution in [2.45, 2.75) is 19.3 Å². The van der Waals surface area contributed by atoms with Gasteiger partial charge in [-0.3, -0.25) is 4.79 Å². The molecule has 0 bridgehead atoms. The van der Waals surface area contributed by atoms with Gasteiger partial charge in [-0.15, -0.1) is 0 Å². The average molecular weight is 237 g/mol. The van der Waals surface area contributed by atoms with Crippen LogP contribution >= 0.6 is 0 Å². The van der Waals surface area contributed by atoms with E-state index in [1.54, 1.807) is 7.11 Å². The fourth-order valence-corrected chi connectivity index (χ4v) is 1.88. The summed E-state index contributed by atoms with van der Waals surface area (Å²) >= 11 is 0. The lowest BCUT2D eigenvalue weighted by Crippen LogP contribution is -2.18. The number of hydrogen-bond donors (Lipinski definition) is 1. The molecule has 17 heavy (non-hydrogen) atoms. The number of carbonyl (C=O) groups excluding carboxylic acids is 1. The number of hydrogen-bond acceptors (Lipinski definition) is 4. The second kappa shape index (κ2) is 6.25. The minimum absolute atomic E-state index is 0.0719. The molecule has 1 unspecified atom stereocenters. The molecule has 0 radical (unpaired) electrons. The topological polar surface area (TPSA) is 61.5 Å². The van der Waals surface area contributed by atoms with Crippen LogP contribution in [0.5, 0.6) is 5.75 Å². The molecule has 0 saturated carbocycles. The molecule has 1 aromatic rings. The summed E-state index contributed by atoms with van der Waals surface area (Å²) in [5.74, 6) is 0.466. The summed E-state index contributed by atoms with van der Waals surface area (Å²) in [7, 11) is 3.00. The summed E-state index contributed by atoms with van der Waals surface area (Å²) in [5.41, 5.74) is 7.71. The van der Waals surface area contributed by atoms with Gasteiger partial charge < -0.3 is 15.2 Å². The Morgan fingerprint density at radius 3 is 2.65 bits per heavy atom. The van der Waals surface area contributed by atoms with E-state index in [-0.39, 0.29) is 18.3 Å². The van der Waals surface area contributed by atoms with E-state index in [1.165, 1.54) is 7.11 Å². The van der Waals surface area contributed by atoms with Crippen LogP contribution in [0, 0.1) is 6.92 Å². The lowest BCUT2D eigenvalue weighted by molar-refractivity contribution is -0.141. The first-order valence-electron chi connectivity index (χ1n) is 5.54. The lowest BCUT2D eigenvalue weighted by Gasteiger charge is -2.18. The molecule has 2 N–H and O–H groups in total. The minimum atomic E-state index is -0.260. The highest BCUT2D eigenvalue weighted by Crippen LogP contribution is 2.31. The molecule has 1 aromatic carbocycles. The number of carbonyl (C=O) groups is 1. The van der Waals surface area contributed by atoms with Crippen LogP contribution < -0.4 is 10.5 Å². The van der Waals surface area contributed by atoms with Crippen LogP contribution in [0.3, 0.4) is 0 Å². The Labute approximate surface area is 102 Å². The molecule has 0 aliphatic heterocycles. The Kier molecular flexibility index (Phi) is 4.97. The fourth-order valence-electron chi connectivity index (χ4n) is 1.88. The number of esters is 1. The summed E-state index contributed by atoms with van der Waals surface area (Å²) in [5, 5.41) is 0. The smallest absolute Gasteiger partial charge is 0.306 e. The van der Waals surface area contributed by atoms with Crippen LogP contribution in [0.15, 0.2) is 18.2 Å². The molecule has 0 aliphatic carbocycles. The van der Waals surface area contributed by atoms with E-state index in [1.807, 2.05) is 25.1 Å². The standard InChI is InChI=1S/C13H19NO3/c1-9-5-4-6-11(13(9)17-3)10(8-14)7-12(15)16-2/h4-6,10H,7-8,14H2,1-3H3. The van der Waals surface area contributed by atoms with Gasteiger partial charge in [0.05, 0.1) is 20.6 Å². The zero-order valence-electron chi connectivity index (χ0n) is 10.5. The van der Waals surface area contributed by atoms with Crippen molar-refractivity contribution in [3.63, 3.8) is 0 Å². The normalized spacial score (nSPS) is 12.0. The van der Waals surface area contributed by atoms with Gasteiger partial charge in [-0.2, -0.15) is 0 Å². The van der Waals surface area contributed by atoms with Crippen LogP contribution in [0.1, 0.15) is 23.5 Å². The predicted octanol–water partition coefficient (Wildman–Crippen LogP) is 1.61. The first-order chi connectivity index (χ1) is 8.13. The highest BCUT2D eigenvalue weighted by molar-refractivity contribution is 5.70. The van der Waals surface area contributed by atoms with Crippen molar-refractivity contribution in [3.05, 3.63) is 29.3 Å². The predicted molar refractivity (Wildman–Crippen MR) is 66.2 cm³/mol. The highest BCUT2D eigenvalue weighted by atomic mass is 16.5. The zero-order chi connectivity index (χ0) is 12.8. The van der Waals surface area contributed by atoms with E-state index >= 15 is 0 Å². The number of ether oxygens (including phenoxy) is 2. The highest BCUT2D eigenvalue weighted by Gasteiger charge is 2.19. The third kappa shape index (κ3) is 3.20. The molecule has 0 heterocycles. The molecule has 0 aliphatic rings. The largest absolute Gasteiger partial charge is 0.496 e. The van der Waals surface area contributed by atoms with Gasteiger partial charge in [0, 0.05) is 5.92 Å². The molecule has 0 saturated heterocycles. The van der Waals surface area contributed by atoms with Crippen molar-refractivity contribution in [1.29, 1.82) is 0 Å². The second-order valence-corrected chi connectivity index (χ2v) is 3.91. The third-order valence-electron chi connectivity index (χ3n) is 2.81. The summed E-state index contributed by atoms with van der Waals surface area (Å²) in [6.07, 6.45) is 0.271. The summed E-state index contributed by atoms with van der Waals surface area (Å²) in [4.78, 5) is 11.3. The van der Waals surface area contributed by atoms with Crippen molar-refractivity contribution >= 4 is 5.97 Å². The van der Waals surface area contributed by atoms with Crippen LogP contribution in [-0.2, 0) is 9.53 Å². The SMILES string of the molecule is COC(=O)CC(CN)c1cccc(C)c1OC. The van der Waals surface area contributed by atoms with Crippen LogP contribution in [0.4, 0.5) is 0 Å². The van der Waals surface area contributed by atoms with Gasteiger partial charge in [0.1, 0.15) is 5.75 Å². The second-order valence-electron chi connectivity index (χ2n) is 3.91. The molecule has 4 heteroatoms. The quantitative estimate of drug-likeness (QED) is 0.790. The van der Waals surface area contributed by atoms with Crippen molar-refractivity contribution in [3.8, 4) is 5.75 Å². The first-order valence-corrected chi connectivity index (χ1v) is 5.54. The van der Waals surface area contributed by atoms with Gasteiger partial charge in [0.2, 0.25) is 0 Å². The Morgan fingerprint density at radius 1 is 1.41 bits per heavy atom. The van der Waals surface area contributed by atoms with Gasteiger partial charge in [-0.05, 0) is 24.6 Å². The summed E-state index contributed by atoms with van der Waals surface area (Å²) in [6.45, 7) is 2.35. The van der Waals surface area contributed by atoms with E-state index in [0.717, 1.165) is 16.9 Å². The van der Waals surface area contributed by atoms with Crippen molar-refractivity contribution in [2.75, 3.05) is 20.8 Å². The van der Waals surface area contributed by atoms with Gasteiger partial charge in [0.25, 0.3) is 0 Å². The molecule has 0 amide bonds. The maximum absolute atomic E-state index is 11.3. The Bertz CT molecular complexity index is 390. The molecule has 4 nitrogen and oxygen atoms in total. The monoisotopic (exact) mass is 237 g/mol. The first kappa shape index (κ1) is 13.5. The Hall–Kier alpha value is -1.55. The van der Waals surface area contributed by atoms with Crippen molar-refractivity contribution < 1.29 is 14.3 Å². The zero-order valence-corrected chi connectivity index (χ0v) is 10.5. The van der Waals surface area contributed by atoms with Gasteiger partial charge in [-0.1, -0.05) is 18.2 Å². The maximum atomic E-state index is 11.3. The number of para-hydroxylation sites is 1. The van der Waals surface area contributed by atoms with E-state index < -0.39 is 0 Å². The van der Waals surface area contributed by atoms with Crippen LogP contribution in [0.25, 0.3) is 0 Å². The van der Waals surface area contributed by atoms with Gasteiger partial charge in [-0.25, -0.2) is 0 Å². The molecule has 1 atom stereocenters. The number of rotatable bonds is 5. The summed E-state index contributed by atoms with van der Waals surface area (Å²) in [6, 6.07) is 5.84. The summed E-state index contributed by atoms with van der Waals surface area (Å²) < 4.78 is 10.0. The number of methoxy groups -OCH3 is 2. The van der Waals surface area contributed by atoms with Crippen LogP contribution in [-0.4, -0.2) is 26.7 Å². The number of aryl methyl sites for hydroxylation is 1. The average Bonchev–Trinajstić information content (AvgIpc) is 2.35. The molecule has 0 aromatic heterocycles. The molecular weight excluding hydrogens is 218 g/mol. The van der Waals surface area contributed by atoms with E-state index in [2.05, 4.69) is 4.74 Å². The van der Waals surface area contributed by atoms with Crippen LogP contribution in [0.2, 0.25) is 0 Å². The van der Waals surface area contributed by atoms with E-state index in [4.69, 9.17) is 10.5 Å². The third-order valence-corrected chi connectivity index (χ3v) is 2.81. The molecule has 94 valence electrons. The minimum Gasteiger partial charge on any atom is -0.496 e. The molecule has 0 fully saturated rings. The maximum Gasteiger partial charge on any atom is 0.306 e. The lowest BCUT2D eigenvalue weighted by atomic mass is 9.93. The van der Waals surface area contributed by atoms with Gasteiger partial charge in [0.15, 0.2) is 0 Å². The number of nitrogens with two attached hydrogens (primary N) is 1. The van der Waals surface area contributed by atoms with Gasteiger partial charge >= 0.3 is 5.97 Å². The Balaban J connectivity index is 3.03. The van der Waals surface area contributed by atoms with E-state index in [0.29, 0.717) is 6.54 Å². The molecular formula is C13H19NO3. The number of benzene rings is 1. The molecule has 1 rings (SSSR count). The van der Waals surface area contributed by atoms with Crippen molar-refractivity contribution in [1.82, 2.24) is 0 Å².